The first-order chi connectivity index (χ1) is 13.4. The Morgan fingerprint density at radius 2 is 2.00 bits per heavy atom. The molecule has 4 rings (SSSR count). The summed E-state index contributed by atoms with van der Waals surface area (Å²) < 4.78 is 3.56. The summed E-state index contributed by atoms with van der Waals surface area (Å²) in [6.07, 6.45) is 5.83. The molecule has 0 aliphatic carbocycles. The van der Waals surface area contributed by atoms with Gasteiger partial charge < -0.3 is 5.32 Å². The van der Waals surface area contributed by atoms with Gasteiger partial charge in [-0.1, -0.05) is 0 Å². The van der Waals surface area contributed by atoms with Crippen LogP contribution in [0.25, 0.3) is 16.8 Å². The van der Waals surface area contributed by atoms with Gasteiger partial charge in [-0.15, -0.1) is 0 Å². The molecule has 0 aromatic carbocycles. The van der Waals surface area contributed by atoms with Crippen molar-refractivity contribution in [1.82, 2.24) is 34.3 Å². The van der Waals surface area contributed by atoms with Crippen molar-refractivity contribution in [3.63, 3.8) is 0 Å². The first-order valence-corrected chi connectivity index (χ1v) is 9.23. The lowest BCUT2D eigenvalue weighted by molar-refractivity contribution is -0.116. The van der Waals surface area contributed by atoms with Crippen molar-refractivity contribution in [3.05, 3.63) is 41.7 Å². The third-order valence-electron chi connectivity index (χ3n) is 4.80. The number of anilines is 1. The molecular weight excluding hydrogens is 356 g/mol. The van der Waals surface area contributed by atoms with E-state index in [-0.39, 0.29) is 11.9 Å². The Morgan fingerprint density at radius 3 is 2.79 bits per heavy atom. The zero-order valence-electron chi connectivity index (χ0n) is 16.3. The zero-order valence-corrected chi connectivity index (χ0v) is 16.3. The maximum atomic E-state index is 12.5. The third kappa shape index (κ3) is 3.19. The second-order valence-corrected chi connectivity index (χ2v) is 7.10. The molecule has 1 amide bonds. The topological polar surface area (TPSA) is 103 Å². The number of carbonyl (C=O) groups is 1. The van der Waals surface area contributed by atoms with Gasteiger partial charge in [-0.25, -0.2) is 19.2 Å². The van der Waals surface area contributed by atoms with E-state index in [1.165, 1.54) is 6.33 Å². The Bertz CT molecular complexity index is 1170. The predicted octanol–water partition coefficient (Wildman–Crippen LogP) is 2.64. The fraction of sp³-hybridized carbons (Fsp3) is 0.368. The van der Waals surface area contributed by atoms with Crippen LogP contribution in [0, 0.1) is 13.8 Å². The Balaban J connectivity index is 1.47. The van der Waals surface area contributed by atoms with E-state index in [4.69, 9.17) is 0 Å². The minimum Gasteiger partial charge on any atom is -0.325 e. The summed E-state index contributed by atoms with van der Waals surface area (Å²) in [5, 5.41) is 12.4. The van der Waals surface area contributed by atoms with Crippen molar-refractivity contribution >= 4 is 28.4 Å². The van der Waals surface area contributed by atoms with E-state index in [2.05, 4.69) is 44.3 Å². The van der Waals surface area contributed by atoms with E-state index < -0.39 is 0 Å². The van der Waals surface area contributed by atoms with E-state index in [1.54, 1.807) is 16.9 Å². The van der Waals surface area contributed by atoms with Gasteiger partial charge in [0.15, 0.2) is 5.65 Å². The Labute approximate surface area is 161 Å². The van der Waals surface area contributed by atoms with Crippen LogP contribution in [0.5, 0.6) is 0 Å². The van der Waals surface area contributed by atoms with E-state index >= 15 is 0 Å². The maximum Gasteiger partial charge on any atom is 0.252 e. The van der Waals surface area contributed by atoms with Crippen LogP contribution in [0.2, 0.25) is 0 Å². The van der Waals surface area contributed by atoms with Gasteiger partial charge in [-0.05, 0) is 45.7 Å². The SMILES string of the molecule is Cc1nc2ncnn2c(C)c1CCC(=O)Nc1cnc2c(cnn2C(C)C)c1. The number of hydrogen-bond donors (Lipinski definition) is 1. The Morgan fingerprint density at radius 1 is 1.18 bits per heavy atom. The molecule has 0 bridgehead atoms. The minimum atomic E-state index is -0.0742. The lowest BCUT2D eigenvalue weighted by Crippen LogP contribution is -2.14. The van der Waals surface area contributed by atoms with Crippen LogP contribution < -0.4 is 5.32 Å². The van der Waals surface area contributed by atoms with Gasteiger partial charge in [0.25, 0.3) is 5.78 Å². The average Bonchev–Trinajstić information content (AvgIpc) is 3.27. The summed E-state index contributed by atoms with van der Waals surface area (Å²) >= 11 is 0. The highest BCUT2D eigenvalue weighted by Gasteiger charge is 2.13. The lowest BCUT2D eigenvalue weighted by Gasteiger charge is -2.11. The molecule has 1 N–H and O–H groups in total. The van der Waals surface area contributed by atoms with Crippen molar-refractivity contribution in [1.29, 1.82) is 0 Å². The molecule has 144 valence electrons. The van der Waals surface area contributed by atoms with Gasteiger partial charge >= 0.3 is 0 Å². The molecule has 0 radical (unpaired) electrons. The average molecular weight is 378 g/mol. The smallest absolute Gasteiger partial charge is 0.252 e. The fourth-order valence-electron chi connectivity index (χ4n) is 3.37. The number of fused-ring (bicyclic) bond motifs is 2. The van der Waals surface area contributed by atoms with Gasteiger partial charge in [0, 0.05) is 29.2 Å². The van der Waals surface area contributed by atoms with Gasteiger partial charge in [-0.2, -0.15) is 15.2 Å². The Kier molecular flexibility index (Phi) is 4.50. The van der Waals surface area contributed by atoms with E-state index in [1.807, 2.05) is 24.6 Å². The number of rotatable bonds is 5. The molecule has 0 unspecified atom stereocenters. The molecule has 0 atom stereocenters. The van der Waals surface area contributed by atoms with Crippen molar-refractivity contribution in [2.24, 2.45) is 0 Å². The summed E-state index contributed by atoms with van der Waals surface area (Å²) in [5.41, 5.74) is 4.32. The van der Waals surface area contributed by atoms with Crippen LogP contribution in [0.15, 0.2) is 24.8 Å². The number of hydrogen-bond acceptors (Lipinski definition) is 6. The van der Waals surface area contributed by atoms with Crippen LogP contribution in [0.4, 0.5) is 5.69 Å². The molecule has 0 aliphatic rings. The predicted molar refractivity (Wildman–Crippen MR) is 105 cm³/mol. The van der Waals surface area contributed by atoms with Gasteiger partial charge in [0.1, 0.15) is 6.33 Å². The summed E-state index contributed by atoms with van der Waals surface area (Å²) in [4.78, 5) is 25.5. The molecule has 4 heterocycles. The number of nitrogens with zero attached hydrogens (tertiary/aromatic N) is 7. The second kappa shape index (κ2) is 6.99. The number of pyridine rings is 1. The van der Waals surface area contributed by atoms with E-state index in [0.29, 0.717) is 24.3 Å². The third-order valence-corrected chi connectivity index (χ3v) is 4.80. The summed E-state index contributed by atoms with van der Waals surface area (Å²) in [7, 11) is 0. The molecule has 4 aromatic rings. The maximum absolute atomic E-state index is 12.5. The molecule has 0 saturated carbocycles. The normalized spacial score (nSPS) is 11.6. The van der Waals surface area contributed by atoms with Crippen molar-refractivity contribution in [3.8, 4) is 0 Å². The van der Waals surface area contributed by atoms with Crippen LogP contribution in [0.1, 0.15) is 43.3 Å². The fourth-order valence-corrected chi connectivity index (χ4v) is 3.37. The second-order valence-electron chi connectivity index (χ2n) is 7.10. The van der Waals surface area contributed by atoms with Gasteiger partial charge in [0.05, 0.1) is 18.1 Å². The molecule has 0 saturated heterocycles. The van der Waals surface area contributed by atoms with Crippen LogP contribution in [-0.4, -0.2) is 40.3 Å². The molecule has 9 heteroatoms. The lowest BCUT2D eigenvalue weighted by atomic mass is 10.1. The molecule has 0 spiro atoms. The van der Waals surface area contributed by atoms with Crippen LogP contribution in [-0.2, 0) is 11.2 Å². The Hall–Kier alpha value is -3.36. The molecule has 9 nitrogen and oxygen atoms in total. The number of aromatic nitrogens is 7. The molecule has 28 heavy (non-hydrogen) atoms. The molecule has 0 fully saturated rings. The number of amides is 1. The van der Waals surface area contributed by atoms with E-state index in [9.17, 15) is 4.79 Å². The first kappa shape index (κ1) is 18.0. The highest BCUT2D eigenvalue weighted by atomic mass is 16.1. The molecule has 0 aliphatic heterocycles. The molecule has 4 aromatic heterocycles. The van der Waals surface area contributed by atoms with Gasteiger partial charge in [0.2, 0.25) is 5.91 Å². The van der Waals surface area contributed by atoms with Crippen molar-refractivity contribution in [2.45, 2.75) is 46.6 Å². The summed E-state index contributed by atoms with van der Waals surface area (Å²) in [6, 6.07) is 2.12. The van der Waals surface area contributed by atoms with Crippen LogP contribution >= 0.6 is 0 Å². The zero-order chi connectivity index (χ0) is 19.8. The number of carbonyl (C=O) groups excluding carboxylic acids is 1. The largest absolute Gasteiger partial charge is 0.325 e. The highest BCUT2D eigenvalue weighted by Crippen LogP contribution is 2.20. The quantitative estimate of drug-likeness (QED) is 0.573. The molecular formula is C19H22N8O. The summed E-state index contributed by atoms with van der Waals surface area (Å²) in [6.45, 7) is 8.01. The van der Waals surface area contributed by atoms with Crippen LogP contribution in [0.3, 0.4) is 0 Å². The van der Waals surface area contributed by atoms with Gasteiger partial charge in [-0.3, -0.25) is 4.79 Å². The van der Waals surface area contributed by atoms with E-state index in [0.717, 1.165) is 28.0 Å². The van der Waals surface area contributed by atoms with Crippen molar-refractivity contribution in [2.75, 3.05) is 5.32 Å². The standard InChI is InChI=1S/C19H22N8O/c1-11(2)26-18-14(8-22-26)7-15(9-20-18)25-17(28)6-5-16-12(3)24-19-21-10-23-27(19)13(16)4/h7-11H,5-6H2,1-4H3,(H,25,28). The highest BCUT2D eigenvalue weighted by molar-refractivity contribution is 5.92. The number of aryl methyl sites for hydroxylation is 2. The summed E-state index contributed by atoms with van der Waals surface area (Å²) in [5.74, 6) is 0.499. The van der Waals surface area contributed by atoms with Crippen molar-refractivity contribution < 1.29 is 4.79 Å². The first-order valence-electron chi connectivity index (χ1n) is 9.23. The monoisotopic (exact) mass is 378 g/mol. The minimum absolute atomic E-state index is 0.0742. The number of nitrogens with one attached hydrogen (secondary N) is 1.